The molecule has 0 aliphatic carbocycles. The number of piperidine rings is 1. The summed E-state index contributed by atoms with van der Waals surface area (Å²) in [5.74, 6) is -1.25. The van der Waals surface area contributed by atoms with E-state index in [1.165, 1.54) is 6.07 Å². The summed E-state index contributed by atoms with van der Waals surface area (Å²) in [5, 5.41) is 5.79. The van der Waals surface area contributed by atoms with E-state index in [4.69, 9.17) is 23.2 Å². The van der Waals surface area contributed by atoms with Crippen LogP contribution in [0.2, 0.25) is 10.0 Å². The third-order valence-electron chi connectivity index (χ3n) is 4.39. The highest BCUT2D eigenvalue weighted by Crippen LogP contribution is 2.32. The molecule has 134 valence electrons. The Hall–Kier alpha value is -0.890. The molecular formula is C15H19Cl2FN2O3S. The number of halogens is 3. The molecule has 1 heterocycles. The molecule has 0 saturated carbocycles. The molecule has 0 bridgehead atoms. The van der Waals surface area contributed by atoms with Crippen LogP contribution in [0, 0.1) is 5.82 Å². The molecular weight excluding hydrogens is 378 g/mol. The molecule has 0 aromatic heterocycles. The summed E-state index contributed by atoms with van der Waals surface area (Å²) < 4.78 is 36.7. The highest BCUT2D eigenvalue weighted by atomic mass is 35.5. The van der Waals surface area contributed by atoms with Crippen LogP contribution in [-0.2, 0) is 14.6 Å². The molecule has 1 aliphatic heterocycles. The number of carbonyl (C=O) groups excluding carboxylic acids is 1. The van der Waals surface area contributed by atoms with Gasteiger partial charge in [0.25, 0.3) is 0 Å². The van der Waals surface area contributed by atoms with Crippen LogP contribution in [0.15, 0.2) is 12.1 Å². The number of sulfone groups is 1. The Bertz CT molecular complexity index is 749. The number of carbonyl (C=O) groups is 1. The van der Waals surface area contributed by atoms with E-state index in [-0.39, 0.29) is 22.9 Å². The van der Waals surface area contributed by atoms with Crippen LogP contribution in [0.3, 0.4) is 0 Å². The zero-order valence-electron chi connectivity index (χ0n) is 13.3. The van der Waals surface area contributed by atoms with Crippen LogP contribution >= 0.6 is 23.2 Å². The molecule has 1 aromatic carbocycles. The fourth-order valence-corrected chi connectivity index (χ4v) is 4.76. The first kappa shape index (κ1) is 19.4. The molecule has 1 saturated heterocycles. The maximum absolute atomic E-state index is 13.7. The van der Waals surface area contributed by atoms with Crippen molar-refractivity contribution < 1.29 is 17.6 Å². The summed E-state index contributed by atoms with van der Waals surface area (Å²) in [6.45, 7) is 2.49. The van der Waals surface area contributed by atoms with E-state index in [1.807, 2.05) is 0 Å². The van der Waals surface area contributed by atoms with E-state index in [0.29, 0.717) is 18.7 Å². The van der Waals surface area contributed by atoms with E-state index in [2.05, 4.69) is 10.6 Å². The number of hydrogen-bond acceptors (Lipinski definition) is 4. The number of amides is 1. The summed E-state index contributed by atoms with van der Waals surface area (Å²) in [7, 11) is -3.62. The lowest BCUT2D eigenvalue weighted by molar-refractivity contribution is -0.125. The fourth-order valence-electron chi connectivity index (χ4n) is 2.87. The monoisotopic (exact) mass is 396 g/mol. The predicted molar refractivity (Wildman–Crippen MR) is 92.7 cm³/mol. The molecule has 9 heteroatoms. The maximum Gasteiger partial charge on any atom is 0.242 e. The largest absolute Gasteiger partial charge is 0.348 e. The van der Waals surface area contributed by atoms with Crippen molar-refractivity contribution in [3.05, 3.63) is 33.6 Å². The highest BCUT2D eigenvalue weighted by molar-refractivity contribution is 7.92. The Morgan fingerprint density at radius 1 is 1.29 bits per heavy atom. The normalized spacial score (nSPS) is 18.9. The van der Waals surface area contributed by atoms with Crippen molar-refractivity contribution >= 4 is 38.9 Å². The van der Waals surface area contributed by atoms with Crippen molar-refractivity contribution in [1.82, 2.24) is 10.6 Å². The molecule has 1 unspecified atom stereocenters. The SMILES string of the molecule is CC(NC(=O)C1(S(C)(=O)=O)CCNCC1)c1cc(F)c(Cl)cc1Cl. The molecule has 0 spiro atoms. The van der Waals surface area contributed by atoms with Gasteiger partial charge in [0.1, 0.15) is 5.82 Å². The van der Waals surface area contributed by atoms with Crippen molar-refractivity contribution in [3.8, 4) is 0 Å². The third-order valence-corrected chi connectivity index (χ3v) is 7.02. The predicted octanol–water partition coefficient (Wildman–Crippen LogP) is 2.48. The lowest BCUT2D eigenvalue weighted by Crippen LogP contribution is -2.57. The fraction of sp³-hybridized carbons (Fsp3) is 0.533. The Morgan fingerprint density at radius 3 is 2.42 bits per heavy atom. The first-order valence-corrected chi connectivity index (χ1v) is 10.1. The van der Waals surface area contributed by atoms with Crippen molar-refractivity contribution in [2.75, 3.05) is 19.3 Å². The van der Waals surface area contributed by atoms with Gasteiger partial charge in [-0.3, -0.25) is 4.79 Å². The van der Waals surface area contributed by atoms with Gasteiger partial charge in [-0.05, 0) is 50.6 Å². The van der Waals surface area contributed by atoms with Crippen molar-refractivity contribution in [2.24, 2.45) is 0 Å². The van der Waals surface area contributed by atoms with Crippen LogP contribution in [0.4, 0.5) is 4.39 Å². The van der Waals surface area contributed by atoms with E-state index in [0.717, 1.165) is 12.3 Å². The second kappa shape index (κ2) is 7.15. The average molecular weight is 397 g/mol. The lowest BCUT2D eigenvalue weighted by Gasteiger charge is -2.35. The minimum Gasteiger partial charge on any atom is -0.348 e. The minimum absolute atomic E-state index is 0.117. The number of hydrogen-bond donors (Lipinski definition) is 2. The molecule has 1 atom stereocenters. The lowest BCUT2D eigenvalue weighted by atomic mass is 9.95. The molecule has 0 radical (unpaired) electrons. The Kier molecular flexibility index (Phi) is 5.79. The molecule has 1 aromatic rings. The van der Waals surface area contributed by atoms with Crippen LogP contribution in [0.5, 0.6) is 0 Å². The Labute approximate surface area is 150 Å². The second-order valence-electron chi connectivity index (χ2n) is 6.00. The zero-order chi connectivity index (χ0) is 18.1. The minimum atomic E-state index is -3.62. The quantitative estimate of drug-likeness (QED) is 0.766. The van der Waals surface area contributed by atoms with Crippen molar-refractivity contribution in [2.45, 2.75) is 30.6 Å². The summed E-state index contributed by atoms with van der Waals surface area (Å²) in [4.78, 5) is 12.7. The average Bonchev–Trinajstić information content (AvgIpc) is 2.50. The summed E-state index contributed by atoms with van der Waals surface area (Å²) in [5.41, 5.74) is 0.338. The second-order valence-corrected chi connectivity index (χ2v) is 9.14. The number of rotatable bonds is 4. The van der Waals surface area contributed by atoms with Gasteiger partial charge in [0.15, 0.2) is 14.6 Å². The van der Waals surface area contributed by atoms with Gasteiger partial charge in [-0.1, -0.05) is 23.2 Å². The van der Waals surface area contributed by atoms with E-state index in [9.17, 15) is 17.6 Å². The summed E-state index contributed by atoms with van der Waals surface area (Å²) >= 11 is 11.7. The van der Waals surface area contributed by atoms with Gasteiger partial charge in [0, 0.05) is 11.3 Å². The Balaban J connectivity index is 2.29. The van der Waals surface area contributed by atoms with E-state index in [1.54, 1.807) is 6.92 Å². The van der Waals surface area contributed by atoms with Gasteiger partial charge in [-0.25, -0.2) is 12.8 Å². The summed E-state index contributed by atoms with van der Waals surface area (Å²) in [6, 6.07) is 1.74. The molecule has 1 fully saturated rings. The maximum atomic E-state index is 13.7. The first-order chi connectivity index (χ1) is 11.1. The molecule has 24 heavy (non-hydrogen) atoms. The van der Waals surface area contributed by atoms with Crippen molar-refractivity contribution in [1.29, 1.82) is 0 Å². The van der Waals surface area contributed by atoms with Gasteiger partial charge >= 0.3 is 0 Å². The Morgan fingerprint density at radius 2 is 1.88 bits per heavy atom. The first-order valence-electron chi connectivity index (χ1n) is 7.44. The van der Waals surface area contributed by atoms with Crippen LogP contribution in [0.1, 0.15) is 31.4 Å². The number of nitrogens with one attached hydrogen (secondary N) is 2. The summed E-state index contributed by atoms with van der Waals surface area (Å²) in [6.07, 6.45) is 1.44. The number of benzene rings is 1. The van der Waals surface area contributed by atoms with Gasteiger partial charge in [-0.2, -0.15) is 0 Å². The highest BCUT2D eigenvalue weighted by Gasteiger charge is 2.48. The smallest absolute Gasteiger partial charge is 0.242 e. The third kappa shape index (κ3) is 3.69. The van der Waals surface area contributed by atoms with Gasteiger partial charge < -0.3 is 10.6 Å². The molecule has 2 rings (SSSR count). The molecule has 1 aliphatic rings. The van der Waals surface area contributed by atoms with Crippen LogP contribution in [0.25, 0.3) is 0 Å². The van der Waals surface area contributed by atoms with E-state index >= 15 is 0 Å². The molecule has 5 nitrogen and oxygen atoms in total. The van der Waals surface area contributed by atoms with Crippen molar-refractivity contribution in [3.63, 3.8) is 0 Å². The van der Waals surface area contributed by atoms with Crippen LogP contribution < -0.4 is 10.6 Å². The molecule has 1 amide bonds. The van der Waals surface area contributed by atoms with Gasteiger partial charge in [0.2, 0.25) is 5.91 Å². The zero-order valence-corrected chi connectivity index (χ0v) is 15.7. The van der Waals surface area contributed by atoms with Gasteiger partial charge in [0.05, 0.1) is 11.1 Å². The van der Waals surface area contributed by atoms with Crippen LogP contribution in [-0.4, -0.2) is 38.4 Å². The van der Waals surface area contributed by atoms with Gasteiger partial charge in [-0.15, -0.1) is 0 Å². The molecule has 2 N–H and O–H groups in total. The topological polar surface area (TPSA) is 75.3 Å². The standard InChI is InChI=1S/C15H19Cl2FN2O3S/c1-9(10-7-13(18)12(17)8-11(10)16)20-14(21)15(24(2,22)23)3-5-19-6-4-15/h7-9,19H,3-6H2,1-2H3,(H,20,21). The van der Waals surface area contributed by atoms with E-state index < -0.39 is 32.4 Å².